The molecular weight excluding hydrogens is 198 g/mol. The van der Waals surface area contributed by atoms with E-state index in [0.717, 1.165) is 0 Å². The Balaban J connectivity index is 4.43. The molecule has 0 aliphatic heterocycles. The second kappa shape index (κ2) is 5.70. The highest BCUT2D eigenvalue weighted by atomic mass is 16.4. The summed E-state index contributed by atoms with van der Waals surface area (Å²) in [6, 6.07) is -0.953. The number of aliphatic carboxylic acids is 1. The van der Waals surface area contributed by atoms with E-state index in [9.17, 15) is 14.7 Å². The van der Waals surface area contributed by atoms with Crippen molar-refractivity contribution in [2.24, 2.45) is 11.8 Å². The minimum Gasteiger partial charge on any atom is -0.480 e. The van der Waals surface area contributed by atoms with Crippen LogP contribution in [-0.4, -0.2) is 34.2 Å². The van der Waals surface area contributed by atoms with E-state index in [1.165, 1.54) is 0 Å². The van der Waals surface area contributed by atoms with Gasteiger partial charge in [-0.25, -0.2) is 4.79 Å². The lowest BCUT2D eigenvalue weighted by Crippen LogP contribution is -2.49. The molecule has 0 aliphatic rings. The summed E-state index contributed by atoms with van der Waals surface area (Å²) in [5, 5.41) is 20.5. The normalized spacial score (nSPS) is 15.1. The van der Waals surface area contributed by atoms with Crippen LogP contribution in [0.1, 0.15) is 27.7 Å². The first-order chi connectivity index (χ1) is 6.77. The lowest BCUT2D eigenvalue weighted by Gasteiger charge is -2.21. The van der Waals surface area contributed by atoms with Gasteiger partial charge in [-0.2, -0.15) is 0 Å². The number of nitrogens with one attached hydrogen (secondary N) is 1. The van der Waals surface area contributed by atoms with Crippen LogP contribution in [0.3, 0.4) is 0 Å². The molecule has 0 radical (unpaired) electrons. The van der Waals surface area contributed by atoms with Gasteiger partial charge in [0.05, 0.1) is 0 Å². The Kier molecular flexibility index (Phi) is 5.28. The standard InChI is InChI=1S/C10H19NO4/c1-5(2)7(10(14)15)11-9(13)8(12)6(3)4/h5-8,12H,1-4H3,(H,11,13)(H,14,15)/t7-,8?/m0/s1. The number of carbonyl (C=O) groups is 2. The Morgan fingerprint density at radius 2 is 1.53 bits per heavy atom. The molecule has 0 rings (SSSR count). The monoisotopic (exact) mass is 217 g/mol. The van der Waals surface area contributed by atoms with Crippen molar-refractivity contribution in [3.63, 3.8) is 0 Å². The highest BCUT2D eigenvalue weighted by Gasteiger charge is 2.27. The molecule has 0 bridgehead atoms. The number of hydrogen-bond donors (Lipinski definition) is 3. The van der Waals surface area contributed by atoms with Gasteiger partial charge in [0.2, 0.25) is 5.91 Å². The molecule has 0 aromatic heterocycles. The number of aliphatic hydroxyl groups is 1. The van der Waals surface area contributed by atoms with Crippen LogP contribution in [0.2, 0.25) is 0 Å². The van der Waals surface area contributed by atoms with Crippen molar-refractivity contribution < 1.29 is 19.8 Å². The summed E-state index contributed by atoms with van der Waals surface area (Å²) in [5.74, 6) is -2.17. The summed E-state index contributed by atoms with van der Waals surface area (Å²) in [6.45, 7) is 6.77. The fourth-order valence-corrected chi connectivity index (χ4v) is 1.05. The molecule has 5 nitrogen and oxygen atoms in total. The van der Waals surface area contributed by atoms with Gasteiger partial charge in [0.25, 0.3) is 0 Å². The second-order valence-corrected chi connectivity index (χ2v) is 4.26. The van der Waals surface area contributed by atoms with Gasteiger partial charge in [-0.3, -0.25) is 4.79 Å². The molecule has 2 atom stereocenters. The van der Waals surface area contributed by atoms with Gasteiger partial charge in [-0.15, -0.1) is 0 Å². The molecule has 3 N–H and O–H groups in total. The first-order valence-electron chi connectivity index (χ1n) is 4.98. The van der Waals surface area contributed by atoms with Crippen molar-refractivity contribution in [3.05, 3.63) is 0 Å². The van der Waals surface area contributed by atoms with Gasteiger partial charge in [-0.05, 0) is 11.8 Å². The van der Waals surface area contributed by atoms with Crippen molar-refractivity contribution >= 4 is 11.9 Å². The lowest BCUT2D eigenvalue weighted by molar-refractivity contribution is -0.145. The van der Waals surface area contributed by atoms with Gasteiger partial charge < -0.3 is 15.5 Å². The molecule has 0 fully saturated rings. The number of aliphatic hydroxyl groups excluding tert-OH is 1. The fraction of sp³-hybridized carbons (Fsp3) is 0.800. The van der Waals surface area contributed by atoms with Crippen LogP contribution in [0, 0.1) is 11.8 Å². The number of carbonyl (C=O) groups excluding carboxylic acids is 1. The number of amides is 1. The van der Waals surface area contributed by atoms with E-state index in [1.807, 2.05) is 0 Å². The van der Waals surface area contributed by atoms with E-state index in [2.05, 4.69) is 5.32 Å². The molecule has 0 spiro atoms. The van der Waals surface area contributed by atoms with Crippen LogP contribution in [0.4, 0.5) is 0 Å². The summed E-state index contributed by atoms with van der Waals surface area (Å²) in [7, 11) is 0. The Bertz CT molecular complexity index is 238. The van der Waals surface area contributed by atoms with Gasteiger partial charge in [0, 0.05) is 0 Å². The molecule has 0 aromatic carbocycles. The molecule has 1 unspecified atom stereocenters. The second-order valence-electron chi connectivity index (χ2n) is 4.26. The summed E-state index contributed by atoms with van der Waals surface area (Å²) in [5.41, 5.74) is 0. The summed E-state index contributed by atoms with van der Waals surface area (Å²) in [6.07, 6.45) is -1.16. The molecule has 0 saturated carbocycles. The molecule has 0 saturated heterocycles. The van der Waals surface area contributed by atoms with Crippen LogP contribution < -0.4 is 5.32 Å². The van der Waals surface area contributed by atoms with E-state index >= 15 is 0 Å². The fourth-order valence-electron chi connectivity index (χ4n) is 1.05. The van der Waals surface area contributed by atoms with Crippen molar-refractivity contribution in [2.75, 3.05) is 0 Å². The maximum atomic E-state index is 11.4. The van der Waals surface area contributed by atoms with Crippen molar-refractivity contribution in [2.45, 2.75) is 39.8 Å². The summed E-state index contributed by atoms with van der Waals surface area (Å²) in [4.78, 5) is 22.2. The largest absolute Gasteiger partial charge is 0.480 e. The molecule has 88 valence electrons. The summed E-state index contributed by atoms with van der Waals surface area (Å²) >= 11 is 0. The average Bonchev–Trinajstić information content (AvgIpc) is 2.11. The molecular formula is C10H19NO4. The van der Waals surface area contributed by atoms with E-state index in [4.69, 9.17) is 5.11 Å². The predicted molar refractivity (Wildman–Crippen MR) is 55.2 cm³/mol. The SMILES string of the molecule is CC(C)C(O)C(=O)N[C@H](C(=O)O)C(C)C. The summed E-state index contributed by atoms with van der Waals surface area (Å²) < 4.78 is 0. The van der Waals surface area contributed by atoms with Crippen molar-refractivity contribution in [1.82, 2.24) is 5.32 Å². The van der Waals surface area contributed by atoms with Crippen LogP contribution >= 0.6 is 0 Å². The highest BCUT2D eigenvalue weighted by Crippen LogP contribution is 2.05. The topological polar surface area (TPSA) is 86.6 Å². The number of hydrogen-bond acceptors (Lipinski definition) is 3. The lowest BCUT2D eigenvalue weighted by atomic mass is 10.0. The van der Waals surface area contributed by atoms with Gasteiger partial charge in [0.1, 0.15) is 12.1 Å². The minimum atomic E-state index is -1.16. The molecule has 0 aliphatic carbocycles. The van der Waals surface area contributed by atoms with Crippen LogP contribution in [-0.2, 0) is 9.59 Å². The first kappa shape index (κ1) is 13.9. The third kappa shape index (κ3) is 4.29. The Hall–Kier alpha value is -1.10. The van der Waals surface area contributed by atoms with E-state index in [1.54, 1.807) is 27.7 Å². The Labute approximate surface area is 89.5 Å². The third-order valence-electron chi connectivity index (χ3n) is 2.13. The van der Waals surface area contributed by atoms with Crippen LogP contribution in [0.25, 0.3) is 0 Å². The zero-order chi connectivity index (χ0) is 12.2. The zero-order valence-corrected chi connectivity index (χ0v) is 9.52. The maximum Gasteiger partial charge on any atom is 0.326 e. The third-order valence-corrected chi connectivity index (χ3v) is 2.13. The van der Waals surface area contributed by atoms with E-state index in [0.29, 0.717) is 0 Å². The smallest absolute Gasteiger partial charge is 0.326 e. The number of rotatable bonds is 5. The quantitative estimate of drug-likeness (QED) is 0.615. The van der Waals surface area contributed by atoms with Gasteiger partial charge in [0.15, 0.2) is 0 Å². The van der Waals surface area contributed by atoms with Crippen molar-refractivity contribution in [1.29, 1.82) is 0 Å². The number of carboxylic acids is 1. The van der Waals surface area contributed by atoms with Crippen LogP contribution in [0.5, 0.6) is 0 Å². The van der Waals surface area contributed by atoms with E-state index in [-0.39, 0.29) is 11.8 Å². The van der Waals surface area contributed by atoms with Crippen LogP contribution in [0.15, 0.2) is 0 Å². The molecule has 0 aromatic rings. The molecule has 1 amide bonds. The van der Waals surface area contributed by atoms with Gasteiger partial charge >= 0.3 is 5.97 Å². The van der Waals surface area contributed by atoms with Crippen molar-refractivity contribution in [3.8, 4) is 0 Å². The van der Waals surface area contributed by atoms with E-state index < -0.39 is 24.0 Å². The number of carboxylic acid groups (broad SMARTS) is 1. The molecule has 0 heterocycles. The zero-order valence-electron chi connectivity index (χ0n) is 9.52. The predicted octanol–water partition coefficient (Wildman–Crippen LogP) is 0.229. The maximum absolute atomic E-state index is 11.4. The Morgan fingerprint density at radius 1 is 1.07 bits per heavy atom. The first-order valence-corrected chi connectivity index (χ1v) is 4.98. The molecule has 5 heteroatoms. The average molecular weight is 217 g/mol. The highest BCUT2D eigenvalue weighted by molar-refractivity contribution is 5.86. The van der Waals surface area contributed by atoms with Gasteiger partial charge in [-0.1, -0.05) is 27.7 Å². The Morgan fingerprint density at radius 3 is 1.80 bits per heavy atom. The molecule has 15 heavy (non-hydrogen) atoms. The minimum absolute atomic E-state index is 0.217.